The summed E-state index contributed by atoms with van der Waals surface area (Å²) >= 11 is 0. The Labute approximate surface area is 171 Å². The van der Waals surface area contributed by atoms with Gasteiger partial charge in [0.2, 0.25) is 15.9 Å². The first-order valence-electron chi connectivity index (χ1n) is 9.36. The Kier molecular flexibility index (Phi) is 7.75. The molecule has 2 N–H and O–H groups in total. The lowest BCUT2D eigenvalue weighted by Crippen LogP contribution is -2.50. The highest BCUT2D eigenvalue weighted by Gasteiger charge is 2.28. The molecular formula is C21H27FN2O4S. The number of rotatable bonds is 9. The van der Waals surface area contributed by atoms with Crippen LogP contribution in [-0.2, 0) is 14.8 Å². The molecule has 0 aliphatic carbocycles. The predicted octanol–water partition coefficient (Wildman–Crippen LogP) is 2.94. The molecule has 1 atom stereocenters. The van der Waals surface area contributed by atoms with Crippen LogP contribution in [0.3, 0.4) is 0 Å². The Morgan fingerprint density at radius 2 is 1.72 bits per heavy atom. The molecule has 0 saturated carbocycles. The van der Waals surface area contributed by atoms with Gasteiger partial charge in [-0.25, -0.2) is 12.8 Å². The Morgan fingerprint density at radius 3 is 2.31 bits per heavy atom. The van der Waals surface area contributed by atoms with Gasteiger partial charge in [-0.1, -0.05) is 19.9 Å². The number of carbonyl (C=O) groups is 1. The van der Waals surface area contributed by atoms with E-state index in [1.807, 2.05) is 13.8 Å². The van der Waals surface area contributed by atoms with E-state index in [1.165, 1.54) is 30.3 Å². The van der Waals surface area contributed by atoms with Crippen LogP contribution in [0.5, 0.6) is 5.75 Å². The molecular weight excluding hydrogens is 395 g/mol. The number of nitrogens with one attached hydrogen (secondary N) is 2. The van der Waals surface area contributed by atoms with Crippen molar-refractivity contribution in [3.63, 3.8) is 0 Å². The first kappa shape index (κ1) is 22.8. The van der Waals surface area contributed by atoms with Crippen LogP contribution in [0.1, 0.15) is 25.0 Å². The number of hydrogen-bond acceptors (Lipinski definition) is 4. The minimum Gasteiger partial charge on any atom is -0.492 e. The molecule has 2 aromatic carbocycles. The van der Waals surface area contributed by atoms with Gasteiger partial charge in [-0.15, -0.1) is 0 Å². The number of amides is 1. The van der Waals surface area contributed by atoms with Crippen molar-refractivity contribution in [3.8, 4) is 5.75 Å². The van der Waals surface area contributed by atoms with Crippen LogP contribution in [0, 0.1) is 25.6 Å². The number of halogens is 1. The first-order valence-corrected chi connectivity index (χ1v) is 10.8. The lowest BCUT2D eigenvalue weighted by Gasteiger charge is -2.22. The fraction of sp³-hybridized carbons (Fsp3) is 0.381. The molecule has 0 aliphatic rings. The fourth-order valence-corrected chi connectivity index (χ4v) is 4.02. The second-order valence-electron chi connectivity index (χ2n) is 7.18. The van der Waals surface area contributed by atoms with Crippen molar-refractivity contribution < 1.29 is 22.3 Å². The Bertz CT molecular complexity index is 944. The molecule has 29 heavy (non-hydrogen) atoms. The first-order chi connectivity index (χ1) is 13.6. The number of benzene rings is 2. The standard InChI is InChI=1S/C21H27FN2O4S/c1-14(2)20(24-29(26,27)19-10-5-15(3)16(4)13-19)21(25)23-11-12-28-18-8-6-17(22)7-9-18/h5-10,13-14,20,24H,11-12H2,1-4H3,(H,23,25). The van der Waals surface area contributed by atoms with Crippen molar-refractivity contribution in [2.24, 2.45) is 5.92 Å². The number of aryl methyl sites for hydroxylation is 2. The van der Waals surface area contributed by atoms with Crippen LogP contribution in [0.25, 0.3) is 0 Å². The summed E-state index contributed by atoms with van der Waals surface area (Å²) in [4.78, 5) is 12.7. The summed E-state index contributed by atoms with van der Waals surface area (Å²) in [6, 6.07) is 9.47. The number of ether oxygens (including phenoxy) is 1. The van der Waals surface area contributed by atoms with Crippen LogP contribution >= 0.6 is 0 Å². The van der Waals surface area contributed by atoms with Gasteiger partial charge in [-0.05, 0) is 67.3 Å². The molecule has 0 bridgehead atoms. The minimum atomic E-state index is -3.84. The summed E-state index contributed by atoms with van der Waals surface area (Å²) in [5, 5.41) is 2.68. The van der Waals surface area contributed by atoms with Gasteiger partial charge >= 0.3 is 0 Å². The van der Waals surface area contributed by atoms with Crippen LogP contribution in [0.4, 0.5) is 4.39 Å². The molecule has 1 amide bonds. The van der Waals surface area contributed by atoms with Crippen molar-refractivity contribution in [3.05, 3.63) is 59.4 Å². The molecule has 6 nitrogen and oxygen atoms in total. The maximum absolute atomic E-state index is 12.9. The highest BCUT2D eigenvalue weighted by Crippen LogP contribution is 2.16. The molecule has 2 rings (SSSR count). The minimum absolute atomic E-state index is 0.124. The summed E-state index contributed by atoms with van der Waals surface area (Å²) in [6.45, 7) is 7.63. The summed E-state index contributed by atoms with van der Waals surface area (Å²) in [7, 11) is -3.84. The summed E-state index contributed by atoms with van der Waals surface area (Å²) in [5.74, 6) is -0.567. The van der Waals surface area contributed by atoms with E-state index in [0.29, 0.717) is 5.75 Å². The van der Waals surface area contributed by atoms with Crippen LogP contribution < -0.4 is 14.8 Å². The van der Waals surface area contributed by atoms with Gasteiger partial charge in [0.05, 0.1) is 11.4 Å². The SMILES string of the molecule is Cc1ccc(S(=O)(=O)NC(C(=O)NCCOc2ccc(F)cc2)C(C)C)cc1C. The van der Waals surface area contributed by atoms with Gasteiger partial charge in [-0.3, -0.25) is 4.79 Å². The van der Waals surface area contributed by atoms with Gasteiger partial charge in [0.25, 0.3) is 0 Å². The Morgan fingerprint density at radius 1 is 1.07 bits per heavy atom. The summed E-state index contributed by atoms with van der Waals surface area (Å²) in [6.07, 6.45) is 0. The predicted molar refractivity (Wildman–Crippen MR) is 110 cm³/mol. The summed E-state index contributed by atoms with van der Waals surface area (Å²) in [5.41, 5.74) is 1.85. The third-order valence-electron chi connectivity index (χ3n) is 4.50. The number of sulfonamides is 1. The quantitative estimate of drug-likeness (QED) is 0.609. The largest absolute Gasteiger partial charge is 0.492 e. The van der Waals surface area contributed by atoms with Crippen LogP contribution in [0.2, 0.25) is 0 Å². The zero-order chi connectivity index (χ0) is 21.6. The van der Waals surface area contributed by atoms with E-state index >= 15 is 0 Å². The van der Waals surface area contributed by atoms with Crippen molar-refractivity contribution in [1.82, 2.24) is 10.0 Å². The molecule has 158 valence electrons. The van der Waals surface area contributed by atoms with Crippen molar-refractivity contribution >= 4 is 15.9 Å². The van der Waals surface area contributed by atoms with E-state index in [2.05, 4.69) is 10.0 Å². The molecule has 1 unspecified atom stereocenters. The second-order valence-corrected chi connectivity index (χ2v) is 8.90. The Hall–Kier alpha value is -2.45. The van der Waals surface area contributed by atoms with E-state index in [-0.39, 0.29) is 29.8 Å². The molecule has 0 heterocycles. The van der Waals surface area contributed by atoms with Crippen LogP contribution in [0.15, 0.2) is 47.4 Å². The number of hydrogen-bond donors (Lipinski definition) is 2. The van der Waals surface area contributed by atoms with Gasteiger partial charge < -0.3 is 10.1 Å². The van der Waals surface area contributed by atoms with E-state index in [0.717, 1.165) is 11.1 Å². The topological polar surface area (TPSA) is 84.5 Å². The highest BCUT2D eigenvalue weighted by atomic mass is 32.2. The van der Waals surface area contributed by atoms with E-state index in [9.17, 15) is 17.6 Å². The van der Waals surface area contributed by atoms with Crippen molar-refractivity contribution in [1.29, 1.82) is 0 Å². The molecule has 0 aromatic heterocycles. The smallest absolute Gasteiger partial charge is 0.241 e. The second kappa shape index (κ2) is 9.84. The fourth-order valence-electron chi connectivity index (χ4n) is 2.59. The maximum Gasteiger partial charge on any atom is 0.241 e. The highest BCUT2D eigenvalue weighted by molar-refractivity contribution is 7.89. The molecule has 0 saturated heterocycles. The van der Waals surface area contributed by atoms with E-state index < -0.39 is 22.0 Å². The molecule has 0 spiro atoms. The lowest BCUT2D eigenvalue weighted by atomic mass is 10.1. The number of carbonyl (C=O) groups excluding carboxylic acids is 1. The van der Waals surface area contributed by atoms with Gasteiger partial charge in [0.15, 0.2) is 0 Å². The molecule has 8 heteroatoms. The third kappa shape index (κ3) is 6.54. The molecule has 0 fully saturated rings. The molecule has 0 aliphatic heterocycles. The third-order valence-corrected chi connectivity index (χ3v) is 5.94. The zero-order valence-corrected chi connectivity index (χ0v) is 17.8. The van der Waals surface area contributed by atoms with Gasteiger partial charge in [-0.2, -0.15) is 4.72 Å². The summed E-state index contributed by atoms with van der Waals surface area (Å²) < 4.78 is 46.2. The van der Waals surface area contributed by atoms with Gasteiger partial charge in [0.1, 0.15) is 24.2 Å². The van der Waals surface area contributed by atoms with E-state index in [4.69, 9.17) is 4.74 Å². The average Bonchev–Trinajstić information content (AvgIpc) is 2.66. The van der Waals surface area contributed by atoms with Gasteiger partial charge in [0, 0.05) is 0 Å². The monoisotopic (exact) mass is 422 g/mol. The molecule has 0 radical (unpaired) electrons. The van der Waals surface area contributed by atoms with E-state index in [1.54, 1.807) is 26.0 Å². The molecule has 2 aromatic rings. The zero-order valence-electron chi connectivity index (χ0n) is 17.0. The van der Waals surface area contributed by atoms with Crippen molar-refractivity contribution in [2.75, 3.05) is 13.2 Å². The van der Waals surface area contributed by atoms with Crippen LogP contribution in [-0.4, -0.2) is 33.5 Å². The normalized spacial score (nSPS) is 12.6. The lowest BCUT2D eigenvalue weighted by molar-refractivity contribution is -0.123. The Balaban J connectivity index is 1.96. The van der Waals surface area contributed by atoms with Crippen molar-refractivity contribution in [2.45, 2.75) is 38.6 Å². The maximum atomic E-state index is 12.9. The average molecular weight is 423 g/mol.